The molecule has 2 fully saturated rings. The molecule has 3 aliphatic heterocycles. The maximum absolute atomic E-state index is 11.6. The van der Waals surface area contributed by atoms with Crippen molar-refractivity contribution in [1.29, 1.82) is 0 Å². The number of amides is 1. The number of nitrogens with zero attached hydrogens (tertiary/aromatic N) is 6. The predicted molar refractivity (Wildman–Crippen MR) is 153 cm³/mol. The monoisotopic (exact) mass is 519 g/mol. The molecule has 1 saturated heterocycles. The van der Waals surface area contributed by atoms with E-state index in [1.165, 1.54) is 69.8 Å². The Morgan fingerprint density at radius 2 is 1.74 bits per heavy atom. The zero-order valence-electron chi connectivity index (χ0n) is 22.5. The Bertz CT molecular complexity index is 1500. The van der Waals surface area contributed by atoms with Gasteiger partial charge in [-0.25, -0.2) is 4.68 Å². The second-order valence-electron chi connectivity index (χ2n) is 11.1. The first-order valence-electron chi connectivity index (χ1n) is 14.4. The summed E-state index contributed by atoms with van der Waals surface area (Å²) < 4.78 is 6.69. The molecule has 1 saturated carbocycles. The fourth-order valence-electron chi connectivity index (χ4n) is 6.53. The van der Waals surface area contributed by atoms with Gasteiger partial charge in [0, 0.05) is 35.9 Å². The molecule has 1 aliphatic carbocycles. The van der Waals surface area contributed by atoms with E-state index >= 15 is 0 Å². The molecular formula is C30H34BN7O+. The maximum atomic E-state index is 11.6. The molecule has 0 unspecified atom stereocenters. The van der Waals surface area contributed by atoms with Gasteiger partial charge in [-0.1, -0.05) is 36.6 Å². The van der Waals surface area contributed by atoms with Gasteiger partial charge in [-0.05, 0) is 68.0 Å². The zero-order valence-corrected chi connectivity index (χ0v) is 22.5. The third kappa shape index (κ3) is 4.43. The minimum Gasteiger partial charge on any atom is -0.329 e. The smallest absolute Gasteiger partial charge is 0.329 e. The van der Waals surface area contributed by atoms with Crippen molar-refractivity contribution in [3.63, 3.8) is 0 Å². The lowest BCUT2D eigenvalue weighted by Crippen LogP contribution is -2.43. The molecule has 8 nitrogen and oxygen atoms in total. The number of rotatable bonds is 4. The number of carbonyl (C=O) groups excluding carboxylic acids is 1. The minimum atomic E-state index is -0.0679. The molecule has 39 heavy (non-hydrogen) atoms. The summed E-state index contributed by atoms with van der Waals surface area (Å²) in [5.41, 5.74) is 6.45. The van der Waals surface area contributed by atoms with Gasteiger partial charge in [-0.3, -0.25) is 14.2 Å². The molecule has 1 N–H and O–H groups in total. The Balaban J connectivity index is 1.31. The molecule has 197 valence electrons. The van der Waals surface area contributed by atoms with Crippen LogP contribution in [0.4, 0.5) is 5.69 Å². The summed E-state index contributed by atoms with van der Waals surface area (Å²) in [5, 5.41) is 12.1. The van der Waals surface area contributed by atoms with E-state index in [0.29, 0.717) is 5.92 Å². The van der Waals surface area contributed by atoms with Gasteiger partial charge in [0.2, 0.25) is 5.91 Å². The van der Waals surface area contributed by atoms with Crippen LogP contribution in [0.25, 0.3) is 11.4 Å². The van der Waals surface area contributed by atoms with Gasteiger partial charge in [0.15, 0.2) is 0 Å². The van der Waals surface area contributed by atoms with Crippen molar-refractivity contribution in [3.05, 3.63) is 77.4 Å². The second-order valence-corrected chi connectivity index (χ2v) is 11.1. The Hall–Kier alpha value is -3.88. The van der Waals surface area contributed by atoms with Gasteiger partial charge in [-0.15, -0.1) is 5.10 Å². The van der Waals surface area contributed by atoms with E-state index in [0.717, 1.165) is 47.1 Å². The molecule has 3 aromatic rings. The normalized spacial score (nSPS) is 19.3. The van der Waals surface area contributed by atoms with E-state index in [1.807, 2.05) is 16.8 Å². The summed E-state index contributed by atoms with van der Waals surface area (Å²) in [6.45, 7) is 3.70. The van der Waals surface area contributed by atoms with Crippen molar-refractivity contribution in [2.75, 3.05) is 18.4 Å². The lowest BCUT2D eigenvalue weighted by Gasteiger charge is -2.27. The molecule has 5 heterocycles. The maximum Gasteiger partial charge on any atom is 0.553 e. The topological polar surface area (TPSA) is 71.0 Å². The molecular weight excluding hydrogens is 485 g/mol. The summed E-state index contributed by atoms with van der Waals surface area (Å²) in [6.07, 6.45) is 16.7. The molecule has 1 radical (unpaired) electrons. The number of amidine groups is 1. The lowest BCUT2D eigenvalue weighted by molar-refractivity contribution is -0.539. The van der Waals surface area contributed by atoms with Gasteiger partial charge < -0.3 is 9.79 Å². The predicted octanol–water partition coefficient (Wildman–Crippen LogP) is 4.70. The Kier molecular flexibility index (Phi) is 6.21. The molecule has 2 aromatic heterocycles. The fourth-order valence-corrected chi connectivity index (χ4v) is 6.53. The van der Waals surface area contributed by atoms with Crippen molar-refractivity contribution in [1.82, 2.24) is 24.3 Å². The van der Waals surface area contributed by atoms with Gasteiger partial charge in [0.1, 0.15) is 11.5 Å². The Morgan fingerprint density at radius 1 is 0.974 bits per heavy atom. The summed E-state index contributed by atoms with van der Waals surface area (Å²) in [6, 6.07) is 12.5. The number of fused-ring (bicyclic) bond motifs is 2. The van der Waals surface area contributed by atoms with Crippen LogP contribution in [0, 0.1) is 0 Å². The minimum absolute atomic E-state index is 0.0679. The first-order chi connectivity index (χ1) is 19.2. The van der Waals surface area contributed by atoms with E-state index in [4.69, 9.17) is 0 Å². The van der Waals surface area contributed by atoms with E-state index in [-0.39, 0.29) is 5.91 Å². The van der Waals surface area contributed by atoms with E-state index in [1.54, 1.807) is 0 Å². The molecule has 1 aromatic carbocycles. The van der Waals surface area contributed by atoms with Crippen LogP contribution >= 0.6 is 0 Å². The van der Waals surface area contributed by atoms with Crippen LogP contribution in [0.15, 0.2) is 60.4 Å². The van der Waals surface area contributed by atoms with Crippen LogP contribution in [-0.2, 0) is 4.79 Å². The molecule has 1 amide bonds. The molecule has 0 atom stereocenters. The third-order valence-electron chi connectivity index (χ3n) is 8.48. The molecule has 0 spiro atoms. The average Bonchev–Trinajstić information content (AvgIpc) is 3.71. The number of allylic oxidation sites excluding steroid dienone is 1. The van der Waals surface area contributed by atoms with Crippen LogP contribution < -0.4 is 5.32 Å². The highest BCUT2D eigenvalue weighted by atomic mass is 16.1. The highest BCUT2D eigenvalue weighted by Crippen LogP contribution is 2.38. The van der Waals surface area contributed by atoms with E-state index in [9.17, 15) is 4.79 Å². The summed E-state index contributed by atoms with van der Waals surface area (Å²) in [5.74, 6) is 2.65. The first kappa shape index (κ1) is 24.2. The van der Waals surface area contributed by atoms with Crippen LogP contribution in [0.2, 0.25) is 0 Å². The van der Waals surface area contributed by atoms with Gasteiger partial charge in [0.25, 0.3) is 5.84 Å². The van der Waals surface area contributed by atoms with Gasteiger partial charge in [-0.2, -0.15) is 0 Å². The van der Waals surface area contributed by atoms with E-state index < -0.39 is 0 Å². The standard InChI is InChI=1S/C30H33BN7O/c1-21(39)32-24-12-10-23(11-13-24)30-26-14-16-28(35-18-6-3-7-19-35)37(26)31-38-27(30)15-17-29(38)36-20-25(33-34-36)22-8-4-2-5-9-22/h10-17,20,22H,2-9,18-19H2,1H3/p+1. The molecule has 9 heteroatoms. The number of piperidine rings is 1. The molecule has 7 rings (SSSR count). The molecule has 0 bridgehead atoms. The highest BCUT2D eigenvalue weighted by Gasteiger charge is 2.40. The first-order valence-corrected chi connectivity index (χ1v) is 14.4. The Labute approximate surface area is 230 Å². The number of benzene rings is 1. The van der Waals surface area contributed by atoms with Crippen LogP contribution in [0.3, 0.4) is 0 Å². The summed E-state index contributed by atoms with van der Waals surface area (Å²) in [4.78, 5) is 13.9. The highest BCUT2D eigenvalue weighted by molar-refractivity contribution is 6.40. The largest absolute Gasteiger partial charge is 0.553 e. The second kappa shape index (κ2) is 10.0. The Morgan fingerprint density at radius 3 is 2.51 bits per heavy atom. The van der Waals surface area contributed by atoms with Crippen molar-refractivity contribution in [2.45, 2.75) is 64.2 Å². The van der Waals surface area contributed by atoms with Crippen molar-refractivity contribution in [3.8, 4) is 5.82 Å². The van der Waals surface area contributed by atoms with Crippen LogP contribution in [-0.4, -0.2) is 61.2 Å². The number of hydrogen-bond donors (Lipinski definition) is 1. The number of nitrogens with one attached hydrogen (secondary N) is 1. The number of hydrogen-bond acceptors (Lipinski definition) is 3. The van der Waals surface area contributed by atoms with Crippen LogP contribution in [0.5, 0.6) is 0 Å². The quantitative estimate of drug-likeness (QED) is 0.401. The van der Waals surface area contributed by atoms with Crippen molar-refractivity contribution in [2.24, 2.45) is 0 Å². The SMILES string of the molecule is CC(=O)Nc1ccc(C2=C3C=CC(=[N+]4CCCCC4)N3[B]n3c2ccc3-n2cc(C3CCCCC3)nn2)cc1. The number of anilines is 1. The summed E-state index contributed by atoms with van der Waals surface area (Å²) in [7, 11) is 2.21. The van der Waals surface area contributed by atoms with Gasteiger partial charge in [0.05, 0.1) is 25.0 Å². The summed E-state index contributed by atoms with van der Waals surface area (Å²) >= 11 is 0. The molecule has 4 aliphatic rings. The van der Waals surface area contributed by atoms with Crippen molar-refractivity contribution < 1.29 is 9.37 Å². The van der Waals surface area contributed by atoms with E-state index in [2.05, 4.69) is 79.7 Å². The lowest BCUT2D eigenvalue weighted by atomic mass is 9.87. The average molecular weight is 519 g/mol. The zero-order chi connectivity index (χ0) is 26.3. The third-order valence-corrected chi connectivity index (χ3v) is 8.48. The van der Waals surface area contributed by atoms with Gasteiger partial charge >= 0.3 is 7.55 Å². The number of aromatic nitrogens is 4. The fraction of sp³-hybridized carbons (Fsp3) is 0.400. The number of carbonyl (C=O) groups is 1. The van der Waals surface area contributed by atoms with Crippen molar-refractivity contribution >= 4 is 30.6 Å². The van der Waals surface area contributed by atoms with Crippen LogP contribution in [0.1, 0.15) is 81.2 Å².